The number of ether oxygens (including phenoxy) is 1. The maximum absolute atomic E-state index is 13.8. The van der Waals surface area contributed by atoms with Gasteiger partial charge in [0, 0.05) is 35.3 Å². The molecule has 23 heavy (non-hydrogen) atoms. The number of nitrogens with zero attached hydrogens (tertiary/aromatic N) is 1. The summed E-state index contributed by atoms with van der Waals surface area (Å²) in [7, 11) is 1.33. The van der Waals surface area contributed by atoms with Crippen molar-refractivity contribution >= 4 is 39.6 Å². The summed E-state index contributed by atoms with van der Waals surface area (Å²) in [4.78, 5) is 24.8. The topological polar surface area (TPSA) is 46.6 Å². The second-order valence-electron chi connectivity index (χ2n) is 4.68. The zero-order valence-electron chi connectivity index (χ0n) is 12.9. The molecular formula is C16H19BrFNO3S. The van der Waals surface area contributed by atoms with Gasteiger partial charge >= 0.3 is 5.97 Å². The first-order valence-corrected chi connectivity index (χ1v) is 8.89. The molecule has 0 aliphatic carbocycles. The van der Waals surface area contributed by atoms with Gasteiger partial charge in [0.2, 0.25) is 5.91 Å². The van der Waals surface area contributed by atoms with Crippen molar-refractivity contribution in [2.45, 2.75) is 13.0 Å². The van der Waals surface area contributed by atoms with Gasteiger partial charge in [-0.1, -0.05) is 22.0 Å². The third-order valence-corrected chi connectivity index (χ3v) is 4.40. The predicted molar refractivity (Wildman–Crippen MR) is 93.7 cm³/mol. The second-order valence-corrected chi connectivity index (χ2v) is 6.70. The van der Waals surface area contributed by atoms with Crippen molar-refractivity contribution < 1.29 is 18.7 Å². The Morgan fingerprint density at radius 1 is 1.48 bits per heavy atom. The number of amides is 1. The Balaban J connectivity index is 2.59. The fraction of sp³-hybridized carbons (Fsp3) is 0.375. The summed E-state index contributed by atoms with van der Waals surface area (Å²) in [5, 5.41) is 0. The lowest BCUT2D eigenvalue weighted by Crippen LogP contribution is -2.31. The monoisotopic (exact) mass is 403 g/mol. The number of esters is 1. The summed E-state index contributed by atoms with van der Waals surface area (Å²) < 4.78 is 19.1. The van der Waals surface area contributed by atoms with Crippen LogP contribution < -0.4 is 0 Å². The van der Waals surface area contributed by atoms with Gasteiger partial charge in [0.1, 0.15) is 5.82 Å². The zero-order valence-corrected chi connectivity index (χ0v) is 15.3. The number of benzene rings is 1. The van der Waals surface area contributed by atoms with Crippen LogP contribution in [-0.2, 0) is 20.9 Å². The molecular weight excluding hydrogens is 385 g/mol. The number of methoxy groups -OCH3 is 1. The molecule has 0 fully saturated rings. The lowest BCUT2D eigenvalue weighted by Gasteiger charge is -2.21. The van der Waals surface area contributed by atoms with Crippen LogP contribution in [0.5, 0.6) is 0 Å². The molecule has 4 nitrogen and oxygen atoms in total. The summed E-state index contributed by atoms with van der Waals surface area (Å²) >= 11 is 4.63. The number of hydrogen-bond acceptors (Lipinski definition) is 4. The van der Waals surface area contributed by atoms with E-state index in [0.717, 1.165) is 4.47 Å². The highest BCUT2D eigenvalue weighted by Gasteiger charge is 2.15. The summed E-state index contributed by atoms with van der Waals surface area (Å²) in [6.07, 6.45) is 1.88. The van der Waals surface area contributed by atoms with E-state index in [9.17, 15) is 14.0 Å². The Morgan fingerprint density at radius 3 is 2.87 bits per heavy atom. The van der Waals surface area contributed by atoms with Gasteiger partial charge in [-0.05, 0) is 18.2 Å². The van der Waals surface area contributed by atoms with Crippen LogP contribution in [0.15, 0.2) is 35.3 Å². The molecule has 0 spiro atoms. The van der Waals surface area contributed by atoms with Crippen LogP contribution in [0.2, 0.25) is 0 Å². The van der Waals surface area contributed by atoms with Crippen LogP contribution in [-0.4, -0.2) is 41.9 Å². The van der Waals surface area contributed by atoms with Crippen molar-refractivity contribution in [2.75, 3.05) is 25.2 Å². The molecule has 0 aliphatic rings. The van der Waals surface area contributed by atoms with Crippen LogP contribution in [0.25, 0.3) is 0 Å². The first-order valence-electron chi connectivity index (χ1n) is 6.95. The van der Waals surface area contributed by atoms with E-state index in [1.165, 1.54) is 29.8 Å². The Bertz CT molecular complexity index is 568. The molecule has 0 bridgehead atoms. The predicted octanol–water partition coefficient (Wildman–Crippen LogP) is 3.40. The maximum atomic E-state index is 13.8. The third kappa shape index (κ3) is 7.18. The normalized spacial score (nSPS) is 10.2. The maximum Gasteiger partial charge on any atom is 0.315 e. The highest BCUT2D eigenvalue weighted by Crippen LogP contribution is 2.18. The molecule has 0 unspecified atom stereocenters. The van der Waals surface area contributed by atoms with E-state index in [2.05, 4.69) is 27.2 Å². The van der Waals surface area contributed by atoms with E-state index in [-0.39, 0.29) is 36.4 Å². The molecule has 0 atom stereocenters. The Kier molecular flexibility index (Phi) is 8.94. The summed E-state index contributed by atoms with van der Waals surface area (Å²) in [5.41, 5.74) is 0.441. The highest BCUT2D eigenvalue weighted by molar-refractivity contribution is 9.10. The molecule has 0 heterocycles. The zero-order chi connectivity index (χ0) is 17.2. The minimum absolute atomic E-state index is 0.110. The average Bonchev–Trinajstić information content (AvgIpc) is 2.53. The molecule has 0 aliphatic heterocycles. The Morgan fingerprint density at radius 2 is 2.22 bits per heavy atom. The molecule has 0 N–H and O–H groups in total. The number of carbonyl (C=O) groups excluding carboxylic acids is 2. The summed E-state index contributed by atoms with van der Waals surface area (Å²) in [6.45, 7) is 4.15. The van der Waals surface area contributed by atoms with E-state index in [0.29, 0.717) is 17.9 Å². The molecule has 7 heteroatoms. The highest BCUT2D eigenvalue weighted by atomic mass is 79.9. The molecule has 1 aromatic rings. The molecule has 1 rings (SSSR count). The summed E-state index contributed by atoms with van der Waals surface area (Å²) in [6, 6.07) is 4.63. The fourth-order valence-corrected chi connectivity index (χ4v) is 2.97. The number of hydrogen-bond donors (Lipinski definition) is 0. The summed E-state index contributed by atoms with van der Waals surface area (Å²) in [5.74, 6) is -0.0630. The van der Waals surface area contributed by atoms with Gasteiger partial charge in [-0.2, -0.15) is 0 Å². The van der Waals surface area contributed by atoms with Crippen LogP contribution in [0.1, 0.15) is 12.0 Å². The van der Waals surface area contributed by atoms with Gasteiger partial charge < -0.3 is 9.64 Å². The SMILES string of the molecule is C=CCN(Cc1cc(Br)ccc1F)C(=O)CCSCC(=O)OC. The van der Waals surface area contributed by atoms with Crippen molar-refractivity contribution in [3.63, 3.8) is 0 Å². The third-order valence-electron chi connectivity index (χ3n) is 2.98. The molecule has 1 amide bonds. The van der Waals surface area contributed by atoms with Gasteiger partial charge in [0.25, 0.3) is 0 Å². The van der Waals surface area contributed by atoms with Crippen molar-refractivity contribution in [3.8, 4) is 0 Å². The molecule has 0 radical (unpaired) electrons. The minimum atomic E-state index is -0.352. The largest absolute Gasteiger partial charge is 0.468 e. The van der Waals surface area contributed by atoms with E-state index < -0.39 is 0 Å². The first-order chi connectivity index (χ1) is 11.0. The van der Waals surface area contributed by atoms with Crippen LogP contribution >= 0.6 is 27.7 Å². The van der Waals surface area contributed by atoms with Gasteiger partial charge in [-0.15, -0.1) is 18.3 Å². The van der Waals surface area contributed by atoms with Gasteiger partial charge in [-0.25, -0.2) is 4.39 Å². The first kappa shape index (κ1) is 19.7. The van der Waals surface area contributed by atoms with E-state index in [1.807, 2.05) is 0 Å². The van der Waals surface area contributed by atoms with Crippen LogP contribution in [0.4, 0.5) is 4.39 Å². The Hall–Kier alpha value is -1.34. The molecule has 1 aromatic carbocycles. The molecule has 126 valence electrons. The van der Waals surface area contributed by atoms with Crippen LogP contribution in [0, 0.1) is 5.82 Å². The van der Waals surface area contributed by atoms with Crippen molar-refractivity contribution in [1.82, 2.24) is 4.90 Å². The number of halogens is 2. The van der Waals surface area contributed by atoms with Gasteiger partial charge in [0.15, 0.2) is 0 Å². The molecule has 0 aromatic heterocycles. The number of thioether (sulfide) groups is 1. The quantitative estimate of drug-likeness (QED) is 0.360. The van der Waals surface area contributed by atoms with E-state index >= 15 is 0 Å². The Labute approximate surface area is 148 Å². The fourth-order valence-electron chi connectivity index (χ4n) is 1.81. The van der Waals surface area contributed by atoms with E-state index in [4.69, 9.17) is 0 Å². The van der Waals surface area contributed by atoms with Crippen molar-refractivity contribution in [3.05, 3.63) is 46.7 Å². The van der Waals surface area contributed by atoms with Gasteiger partial charge in [0.05, 0.1) is 12.9 Å². The van der Waals surface area contributed by atoms with Crippen LogP contribution in [0.3, 0.4) is 0 Å². The standard InChI is InChI=1S/C16H19BrFNO3S/c1-3-7-19(10-12-9-13(17)4-5-14(12)18)15(20)6-8-23-11-16(21)22-2/h3-5,9H,1,6-8,10-11H2,2H3. The smallest absolute Gasteiger partial charge is 0.315 e. The lowest BCUT2D eigenvalue weighted by molar-refractivity contribution is -0.137. The lowest BCUT2D eigenvalue weighted by atomic mass is 10.2. The van der Waals surface area contributed by atoms with Crippen molar-refractivity contribution in [1.29, 1.82) is 0 Å². The van der Waals surface area contributed by atoms with E-state index in [1.54, 1.807) is 18.2 Å². The number of carbonyl (C=O) groups is 2. The molecule has 0 saturated heterocycles. The minimum Gasteiger partial charge on any atom is -0.468 e. The second kappa shape index (κ2) is 10.4. The van der Waals surface area contributed by atoms with Crippen molar-refractivity contribution in [2.24, 2.45) is 0 Å². The number of rotatable bonds is 9. The average molecular weight is 404 g/mol. The molecule has 0 saturated carbocycles. The van der Waals surface area contributed by atoms with Gasteiger partial charge in [-0.3, -0.25) is 9.59 Å².